The smallest absolute Gasteiger partial charge is 0.242 e. The summed E-state index contributed by atoms with van der Waals surface area (Å²) in [7, 11) is 3.91. The Balaban J connectivity index is 1.96. The summed E-state index contributed by atoms with van der Waals surface area (Å²) in [6.45, 7) is 4.96. The molecule has 1 aliphatic rings. The lowest BCUT2D eigenvalue weighted by Gasteiger charge is -2.39. The maximum absolute atomic E-state index is 12.4. The second-order valence-electron chi connectivity index (χ2n) is 5.57. The van der Waals surface area contributed by atoms with E-state index in [2.05, 4.69) is 23.9 Å². The Morgan fingerprint density at radius 1 is 1.52 bits per heavy atom. The lowest BCUT2D eigenvalue weighted by Crippen LogP contribution is -2.54. The van der Waals surface area contributed by atoms with Gasteiger partial charge >= 0.3 is 0 Å². The molecule has 0 N–H and O–H groups in total. The van der Waals surface area contributed by atoms with Gasteiger partial charge in [-0.2, -0.15) is 5.26 Å². The zero-order valence-corrected chi connectivity index (χ0v) is 12.8. The molecule has 21 heavy (non-hydrogen) atoms. The van der Waals surface area contributed by atoms with Crippen molar-refractivity contribution in [3.8, 4) is 6.07 Å². The summed E-state index contributed by atoms with van der Waals surface area (Å²) >= 11 is 0. The van der Waals surface area contributed by atoms with Crippen LogP contribution in [-0.4, -0.2) is 67.0 Å². The fourth-order valence-corrected chi connectivity index (χ4v) is 2.56. The molecular formula is C15H21N5O. The summed E-state index contributed by atoms with van der Waals surface area (Å²) in [5.74, 6) is 0.813. The number of hydrogen-bond acceptors (Lipinski definition) is 5. The molecule has 6 nitrogen and oxygen atoms in total. The van der Waals surface area contributed by atoms with Crippen molar-refractivity contribution in [2.45, 2.75) is 13.0 Å². The van der Waals surface area contributed by atoms with E-state index in [1.165, 1.54) is 6.20 Å². The molecule has 1 atom stereocenters. The third kappa shape index (κ3) is 3.70. The molecular weight excluding hydrogens is 266 g/mol. The summed E-state index contributed by atoms with van der Waals surface area (Å²) in [4.78, 5) is 22.6. The first kappa shape index (κ1) is 15.3. The minimum absolute atomic E-state index is 0.115. The number of rotatable bonds is 3. The molecule has 0 spiro atoms. The van der Waals surface area contributed by atoms with Gasteiger partial charge in [0.2, 0.25) is 5.91 Å². The van der Waals surface area contributed by atoms with E-state index in [1.54, 1.807) is 12.1 Å². The van der Waals surface area contributed by atoms with E-state index in [-0.39, 0.29) is 11.9 Å². The number of nitrogens with zero attached hydrogens (tertiary/aromatic N) is 5. The highest BCUT2D eigenvalue weighted by Crippen LogP contribution is 2.12. The van der Waals surface area contributed by atoms with Crippen LogP contribution in [0.3, 0.4) is 0 Å². The number of piperazine rings is 1. The van der Waals surface area contributed by atoms with Gasteiger partial charge < -0.3 is 14.7 Å². The van der Waals surface area contributed by atoms with Crippen molar-refractivity contribution in [1.29, 1.82) is 5.26 Å². The summed E-state index contributed by atoms with van der Waals surface area (Å²) in [5, 5.41) is 8.76. The van der Waals surface area contributed by atoms with Crippen molar-refractivity contribution in [2.75, 3.05) is 45.2 Å². The Hall–Kier alpha value is -2.13. The number of hydrogen-bond donors (Lipinski definition) is 0. The van der Waals surface area contributed by atoms with Gasteiger partial charge in [0.1, 0.15) is 11.9 Å². The number of amides is 1. The van der Waals surface area contributed by atoms with Gasteiger partial charge in [-0.1, -0.05) is 0 Å². The van der Waals surface area contributed by atoms with Crippen molar-refractivity contribution >= 4 is 11.7 Å². The van der Waals surface area contributed by atoms with Crippen LogP contribution in [0.25, 0.3) is 0 Å². The molecule has 112 valence electrons. The highest BCUT2D eigenvalue weighted by atomic mass is 16.2. The maximum atomic E-state index is 12.4. The van der Waals surface area contributed by atoms with Crippen LogP contribution in [-0.2, 0) is 4.79 Å². The largest absolute Gasteiger partial charge is 0.350 e. The normalized spacial score (nSPS) is 19.1. The molecule has 1 aromatic rings. The van der Waals surface area contributed by atoms with Crippen LogP contribution >= 0.6 is 0 Å². The first-order chi connectivity index (χ1) is 10.0. The zero-order chi connectivity index (χ0) is 15.4. The molecule has 6 heteroatoms. The van der Waals surface area contributed by atoms with Crippen LogP contribution in [0.4, 0.5) is 5.82 Å². The fraction of sp³-hybridized carbons (Fsp3) is 0.533. The first-order valence-corrected chi connectivity index (χ1v) is 7.06. The lowest BCUT2D eigenvalue weighted by molar-refractivity contribution is -0.133. The van der Waals surface area contributed by atoms with Crippen molar-refractivity contribution in [3.63, 3.8) is 0 Å². The number of anilines is 1. The average molecular weight is 287 g/mol. The third-order valence-electron chi connectivity index (χ3n) is 3.79. The van der Waals surface area contributed by atoms with Gasteiger partial charge in [0, 0.05) is 38.9 Å². The predicted octanol–water partition coefficient (Wildman–Crippen LogP) is 0.552. The van der Waals surface area contributed by atoms with Gasteiger partial charge in [0.25, 0.3) is 0 Å². The monoisotopic (exact) mass is 287 g/mol. The Morgan fingerprint density at radius 3 is 2.86 bits per heavy atom. The van der Waals surface area contributed by atoms with Gasteiger partial charge in [-0.25, -0.2) is 4.98 Å². The Labute approximate surface area is 125 Å². The topological polar surface area (TPSA) is 63.5 Å². The number of likely N-dealkylation sites (N-methyl/N-ethyl adjacent to an activating group) is 2. The van der Waals surface area contributed by atoms with Crippen LogP contribution < -0.4 is 4.90 Å². The number of carbonyl (C=O) groups is 1. The molecule has 1 amide bonds. The minimum atomic E-state index is 0.115. The summed E-state index contributed by atoms with van der Waals surface area (Å²) in [6, 6.07) is 5.74. The van der Waals surface area contributed by atoms with E-state index < -0.39 is 0 Å². The Morgan fingerprint density at radius 2 is 2.29 bits per heavy atom. The molecule has 1 saturated heterocycles. The number of aromatic nitrogens is 1. The molecule has 2 heterocycles. The van der Waals surface area contributed by atoms with Gasteiger partial charge in [-0.15, -0.1) is 0 Å². The second-order valence-corrected chi connectivity index (χ2v) is 5.57. The highest BCUT2D eigenvalue weighted by molar-refractivity contribution is 5.81. The van der Waals surface area contributed by atoms with Gasteiger partial charge in [0.15, 0.2) is 0 Å². The molecule has 0 aliphatic carbocycles. The summed E-state index contributed by atoms with van der Waals surface area (Å²) < 4.78 is 0. The van der Waals surface area contributed by atoms with Gasteiger partial charge in [0.05, 0.1) is 12.1 Å². The molecule has 2 rings (SSSR count). The van der Waals surface area contributed by atoms with Gasteiger partial charge in [-0.05, 0) is 26.1 Å². The van der Waals surface area contributed by atoms with Crippen LogP contribution in [0, 0.1) is 11.3 Å². The number of pyridine rings is 1. The lowest BCUT2D eigenvalue weighted by atomic mass is 10.2. The average Bonchev–Trinajstić information content (AvgIpc) is 2.47. The van der Waals surface area contributed by atoms with E-state index in [0.717, 1.165) is 19.6 Å². The van der Waals surface area contributed by atoms with E-state index in [1.807, 2.05) is 22.9 Å². The standard InChI is InChI=1S/C15H21N5O/c1-12-10-18(2)6-7-20(12)15(21)11-19(3)14-5-4-13(8-16)9-17-14/h4-5,9,12H,6-7,10-11H2,1-3H3/t12-/m0/s1. The maximum Gasteiger partial charge on any atom is 0.242 e. The van der Waals surface area contributed by atoms with E-state index >= 15 is 0 Å². The molecule has 0 radical (unpaired) electrons. The van der Waals surface area contributed by atoms with Crippen molar-refractivity contribution in [3.05, 3.63) is 23.9 Å². The minimum Gasteiger partial charge on any atom is -0.350 e. The van der Waals surface area contributed by atoms with Crippen LogP contribution in [0.2, 0.25) is 0 Å². The van der Waals surface area contributed by atoms with Gasteiger partial charge in [-0.3, -0.25) is 4.79 Å². The molecule has 0 aromatic carbocycles. The molecule has 0 saturated carbocycles. The van der Waals surface area contributed by atoms with Crippen LogP contribution in [0.1, 0.15) is 12.5 Å². The SMILES string of the molecule is C[C@H]1CN(C)CCN1C(=O)CN(C)c1ccc(C#N)cn1. The molecule has 0 bridgehead atoms. The number of nitriles is 1. The molecule has 1 aliphatic heterocycles. The third-order valence-corrected chi connectivity index (χ3v) is 3.79. The van der Waals surface area contributed by atoms with Crippen molar-refractivity contribution < 1.29 is 4.79 Å². The second kappa shape index (κ2) is 6.55. The zero-order valence-electron chi connectivity index (χ0n) is 12.8. The Bertz CT molecular complexity index is 536. The van der Waals surface area contributed by atoms with E-state index in [0.29, 0.717) is 17.9 Å². The van der Waals surface area contributed by atoms with Crippen molar-refractivity contribution in [2.24, 2.45) is 0 Å². The molecule has 0 unspecified atom stereocenters. The Kier molecular flexibility index (Phi) is 4.76. The van der Waals surface area contributed by atoms with Crippen LogP contribution in [0.15, 0.2) is 18.3 Å². The van der Waals surface area contributed by atoms with Crippen molar-refractivity contribution in [1.82, 2.24) is 14.8 Å². The first-order valence-electron chi connectivity index (χ1n) is 7.06. The quantitative estimate of drug-likeness (QED) is 0.812. The predicted molar refractivity (Wildman–Crippen MR) is 80.9 cm³/mol. The number of carbonyl (C=O) groups excluding carboxylic acids is 1. The molecule has 1 fully saturated rings. The fourth-order valence-electron chi connectivity index (χ4n) is 2.56. The van der Waals surface area contributed by atoms with E-state index in [9.17, 15) is 4.79 Å². The highest BCUT2D eigenvalue weighted by Gasteiger charge is 2.26. The summed E-state index contributed by atoms with van der Waals surface area (Å²) in [6.07, 6.45) is 1.52. The molecule has 1 aromatic heterocycles. The van der Waals surface area contributed by atoms with E-state index in [4.69, 9.17) is 5.26 Å². The van der Waals surface area contributed by atoms with Crippen LogP contribution in [0.5, 0.6) is 0 Å². The summed E-state index contributed by atoms with van der Waals surface area (Å²) in [5.41, 5.74) is 0.520.